The van der Waals surface area contributed by atoms with Gasteiger partial charge >= 0.3 is 11.9 Å². The lowest BCUT2D eigenvalue weighted by atomic mass is 10.3. The Labute approximate surface area is 154 Å². The van der Waals surface area contributed by atoms with E-state index in [1.165, 1.54) is 7.11 Å². The Hall–Kier alpha value is -2.21. The van der Waals surface area contributed by atoms with Gasteiger partial charge in [-0.1, -0.05) is 73.6 Å². The van der Waals surface area contributed by atoms with Crippen LogP contribution in [0.15, 0.2) is 42.9 Å². The van der Waals surface area contributed by atoms with Crippen molar-refractivity contribution in [1.82, 2.24) is 0 Å². The van der Waals surface area contributed by atoms with Crippen molar-refractivity contribution in [3.05, 3.63) is 42.9 Å². The van der Waals surface area contributed by atoms with Crippen molar-refractivity contribution in [3.63, 3.8) is 0 Å². The molecular formula is C19H38O6. The van der Waals surface area contributed by atoms with Gasteiger partial charge in [-0.25, -0.2) is 4.79 Å². The number of para-hydroxylation sites is 1. The summed E-state index contributed by atoms with van der Waals surface area (Å²) in [6.45, 7) is 18.8. The molecule has 1 aromatic rings. The summed E-state index contributed by atoms with van der Waals surface area (Å²) < 4.78 is 9.10. The van der Waals surface area contributed by atoms with Gasteiger partial charge in [-0.2, -0.15) is 5.26 Å². The predicted octanol–water partition coefficient (Wildman–Crippen LogP) is 5.85. The molecule has 1 aromatic carbocycles. The first kappa shape index (κ1) is 34.2. The monoisotopic (exact) mass is 362 g/mol. The zero-order chi connectivity index (χ0) is 21.1. The summed E-state index contributed by atoms with van der Waals surface area (Å²) in [7, 11) is 1.35. The minimum Gasteiger partial charge on any atom is -0.482 e. The maximum absolute atomic E-state index is 10.0. The van der Waals surface area contributed by atoms with Crippen LogP contribution in [0.1, 0.15) is 55.4 Å². The number of aliphatic carboxylic acids is 1. The Balaban J connectivity index is -0.0000000815. The Morgan fingerprint density at radius 2 is 1.36 bits per heavy atom. The first-order chi connectivity index (χ1) is 12.1. The first-order valence-corrected chi connectivity index (χ1v) is 8.54. The number of hydrogen-bond donors (Lipinski definition) is 2. The molecule has 25 heavy (non-hydrogen) atoms. The smallest absolute Gasteiger partial charge is 0.341 e. The lowest BCUT2D eigenvalue weighted by molar-refractivity contribution is -0.239. The maximum Gasteiger partial charge on any atom is 0.341 e. The van der Waals surface area contributed by atoms with Crippen LogP contribution in [0, 0.1) is 0 Å². The molecule has 0 spiro atoms. The topological polar surface area (TPSA) is 85.2 Å². The van der Waals surface area contributed by atoms with Gasteiger partial charge in [-0.15, -0.1) is 0 Å². The number of carbonyl (C=O) groups is 1. The van der Waals surface area contributed by atoms with E-state index in [0.717, 1.165) is 0 Å². The van der Waals surface area contributed by atoms with Crippen molar-refractivity contribution in [1.29, 1.82) is 0 Å². The molecule has 2 N–H and O–H groups in total. The molecule has 0 aliphatic heterocycles. The van der Waals surface area contributed by atoms with Crippen molar-refractivity contribution >= 4 is 5.97 Å². The quantitative estimate of drug-likeness (QED) is 0.388. The van der Waals surface area contributed by atoms with E-state index in [1.54, 1.807) is 24.3 Å². The average Bonchev–Trinajstić information content (AvgIpc) is 2.73. The lowest BCUT2D eigenvalue weighted by Crippen LogP contribution is -2.09. The zero-order valence-electron chi connectivity index (χ0n) is 17.3. The fourth-order valence-corrected chi connectivity index (χ4v) is 0.699. The number of carboxylic acid groups (broad SMARTS) is 1. The lowest BCUT2D eigenvalue weighted by Gasteiger charge is -2.00. The van der Waals surface area contributed by atoms with E-state index in [2.05, 4.69) is 16.2 Å². The molecular weight excluding hydrogens is 324 g/mol. The van der Waals surface area contributed by atoms with Crippen molar-refractivity contribution in [3.8, 4) is 5.75 Å². The molecule has 0 aliphatic rings. The highest BCUT2D eigenvalue weighted by Gasteiger charge is 1.96. The summed E-state index contributed by atoms with van der Waals surface area (Å²) in [6, 6.07) is 8.84. The van der Waals surface area contributed by atoms with E-state index >= 15 is 0 Å². The van der Waals surface area contributed by atoms with Crippen LogP contribution in [-0.4, -0.2) is 30.0 Å². The third-order valence-electron chi connectivity index (χ3n) is 1.44. The molecule has 0 saturated carbocycles. The summed E-state index contributed by atoms with van der Waals surface area (Å²) in [5, 5.41) is 15.9. The van der Waals surface area contributed by atoms with Crippen molar-refractivity contribution < 1.29 is 29.5 Å². The number of carboxylic acids is 1. The fraction of sp³-hybridized carbons (Fsp3) is 0.526. The number of rotatable bonds is 5. The molecule has 0 atom stereocenters. The number of benzene rings is 1. The molecule has 6 nitrogen and oxygen atoms in total. The molecule has 0 amide bonds. The highest BCUT2D eigenvalue weighted by Crippen LogP contribution is 2.07. The van der Waals surface area contributed by atoms with Crippen LogP contribution in [0.2, 0.25) is 0 Å². The molecule has 150 valence electrons. The molecule has 0 aliphatic carbocycles. The van der Waals surface area contributed by atoms with Crippen LogP contribution in [0.3, 0.4) is 0 Å². The second-order valence-electron chi connectivity index (χ2n) is 2.66. The normalized spacial score (nSPS) is 6.64. The number of methoxy groups -OCH3 is 1. The van der Waals surface area contributed by atoms with Gasteiger partial charge in [0.15, 0.2) is 6.61 Å². The van der Waals surface area contributed by atoms with E-state index in [1.807, 2.05) is 61.5 Å². The summed E-state index contributed by atoms with van der Waals surface area (Å²) in [5.74, 6) is -0.487. The first-order valence-electron chi connectivity index (χ1n) is 8.54. The third kappa shape index (κ3) is 39.0. The zero-order valence-corrected chi connectivity index (χ0v) is 17.3. The number of hydrogen-bond acceptors (Lipinski definition) is 5. The SMILES string of the molecule is C=C(OC)OO.CC.CC.CC.CC.O=C(O)COc1ccccc1. The van der Waals surface area contributed by atoms with Gasteiger partial charge in [-0.05, 0) is 18.7 Å². The molecule has 0 fully saturated rings. The van der Waals surface area contributed by atoms with Gasteiger partial charge in [0.05, 0.1) is 7.11 Å². The van der Waals surface area contributed by atoms with E-state index < -0.39 is 5.97 Å². The van der Waals surface area contributed by atoms with Crippen molar-refractivity contribution in [2.24, 2.45) is 0 Å². The second kappa shape index (κ2) is 37.8. The molecule has 0 radical (unpaired) electrons. The minimum atomic E-state index is -0.964. The fourth-order valence-electron chi connectivity index (χ4n) is 0.699. The van der Waals surface area contributed by atoms with Gasteiger partial charge in [0.25, 0.3) is 0 Å². The molecule has 0 bridgehead atoms. The summed E-state index contributed by atoms with van der Waals surface area (Å²) in [4.78, 5) is 13.5. The molecule has 6 heteroatoms. The van der Waals surface area contributed by atoms with Gasteiger partial charge in [0, 0.05) is 0 Å². The van der Waals surface area contributed by atoms with Crippen LogP contribution < -0.4 is 4.74 Å². The molecule has 0 aromatic heterocycles. The standard InChI is InChI=1S/C8H8O3.C3H6O3.4C2H6/c9-8(10)6-11-7-4-2-1-3-5-7;1-3(5-2)6-4;4*1-2/h1-5H,6H2,(H,9,10);4H,1H2,2H3;4*1-2H3. The van der Waals surface area contributed by atoms with Gasteiger partial charge in [0.2, 0.25) is 0 Å². The van der Waals surface area contributed by atoms with Gasteiger partial charge in [-0.3, -0.25) is 0 Å². The van der Waals surface area contributed by atoms with E-state index in [9.17, 15) is 4.79 Å². The predicted molar refractivity (Wildman–Crippen MR) is 105 cm³/mol. The van der Waals surface area contributed by atoms with E-state index in [0.29, 0.717) is 5.75 Å². The third-order valence-corrected chi connectivity index (χ3v) is 1.44. The van der Waals surface area contributed by atoms with Gasteiger partial charge in [0.1, 0.15) is 5.75 Å². The van der Waals surface area contributed by atoms with Crippen LogP contribution in [0.4, 0.5) is 0 Å². The van der Waals surface area contributed by atoms with Crippen LogP contribution >= 0.6 is 0 Å². The Morgan fingerprint density at radius 3 is 1.60 bits per heavy atom. The van der Waals surface area contributed by atoms with E-state index in [4.69, 9.17) is 15.1 Å². The van der Waals surface area contributed by atoms with Gasteiger partial charge < -0.3 is 19.5 Å². The van der Waals surface area contributed by atoms with Crippen molar-refractivity contribution in [2.75, 3.05) is 13.7 Å². The average molecular weight is 363 g/mol. The highest BCUT2D eigenvalue weighted by molar-refractivity contribution is 5.68. The Bertz CT molecular complexity index is 333. The number of ether oxygens (including phenoxy) is 2. The van der Waals surface area contributed by atoms with Crippen LogP contribution in [-0.2, 0) is 14.4 Å². The molecule has 0 saturated heterocycles. The Morgan fingerprint density at radius 1 is 0.960 bits per heavy atom. The molecule has 0 heterocycles. The Kier molecular flexibility index (Phi) is 51.7. The molecule has 1 rings (SSSR count). The minimum absolute atomic E-state index is 0.102. The highest BCUT2D eigenvalue weighted by atomic mass is 17.1. The van der Waals surface area contributed by atoms with E-state index in [-0.39, 0.29) is 12.6 Å². The van der Waals surface area contributed by atoms with Crippen LogP contribution in [0.25, 0.3) is 0 Å². The maximum atomic E-state index is 10.0. The largest absolute Gasteiger partial charge is 0.482 e. The summed E-state index contributed by atoms with van der Waals surface area (Å²) in [5.41, 5.74) is 0. The van der Waals surface area contributed by atoms with Crippen LogP contribution in [0.5, 0.6) is 5.75 Å². The second-order valence-corrected chi connectivity index (χ2v) is 2.66. The molecule has 0 unspecified atom stereocenters. The summed E-state index contributed by atoms with van der Waals surface area (Å²) >= 11 is 0. The van der Waals surface area contributed by atoms with Crippen molar-refractivity contribution in [2.45, 2.75) is 55.4 Å². The summed E-state index contributed by atoms with van der Waals surface area (Å²) in [6.07, 6.45) is 0.